The Bertz CT molecular complexity index is 546. The van der Waals surface area contributed by atoms with Gasteiger partial charge in [0.15, 0.2) is 6.10 Å². The average Bonchev–Trinajstić information content (AvgIpc) is 2.82. The average molecular weight is 235 g/mol. The number of hydrogen-bond acceptors (Lipinski definition) is 4. The minimum Gasteiger partial charge on any atom is -0.496 e. The van der Waals surface area contributed by atoms with Crippen molar-refractivity contribution in [1.82, 2.24) is 4.98 Å². The van der Waals surface area contributed by atoms with Gasteiger partial charge < -0.3 is 19.6 Å². The number of aliphatic hydroxyl groups is 1. The van der Waals surface area contributed by atoms with Crippen LogP contribution in [0.4, 0.5) is 0 Å². The molecule has 1 aromatic heterocycles. The van der Waals surface area contributed by atoms with Crippen molar-refractivity contribution in [3.05, 3.63) is 30.0 Å². The Morgan fingerprint density at radius 1 is 1.41 bits per heavy atom. The molecule has 1 aromatic carbocycles. The van der Waals surface area contributed by atoms with Crippen molar-refractivity contribution < 1.29 is 19.4 Å². The zero-order valence-corrected chi connectivity index (χ0v) is 9.56. The molecule has 17 heavy (non-hydrogen) atoms. The first-order valence-electron chi connectivity index (χ1n) is 5.08. The first kappa shape index (κ1) is 11.5. The fraction of sp³-hybridized carbons (Fsp3) is 0.250. The molecule has 2 rings (SSSR count). The molecule has 0 radical (unpaired) electrons. The van der Waals surface area contributed by atoms with Crippen LogP contribution in [0.15, 0.2) is 24.4 Å². The van der Waals surface area contributed by atoms with E-state index >= 15 is 0 Å². The van der Waals surface area contributed by atoms with Gasteiger partial charge in [0, 0.05) is 22.7 Å². The fourth-order valence-electron chi connectivity index (χ4n) is 1.73. The number of rotatable bonds is 3. The number of fused-ring (bicyclic) bond motifs is 1. The Morgan fingerprint density at radius 3 is 2.82 bits per heavy atom. The third-order valence-electron chi connectivity index (χ3n) is 2.62. The molecule has 0 saturated heterocycles. The zero-order valence-electron chi connectivity index (χ0n) is 9.56. The lowest BCUT2D eigenvalue weighted by Gasteiger charge is -2.13. The maximum absolute atomic E-state index is 11.3. The fourth-order valence-corrected chi connectivity index (χ4v) is 1.73. The summed E-state index contributed by atoms with van der Waals surface area (Å²) >= 11 is 0. The lowest BCUT2D eigenvalue weighted by molar-refractivity contribution is -0.150. The molecule has 0 aliphatic rings. The van der Waals surface area contributed by atoms with Gasteiger partial charge in [-0.05, 0) is 18.2 Å². The molecule has 0 saturated carbocycles. The predicted octanol–water partition coefficient (Wildman–Crippen LogP) is 1.38. The van der Waals surface area contributed by atoms with Crippen molar-refractivity contribution >= 4 is 16.9 Å². The Labute approximate surface area is 98.0 Å². The number of benzene rings is 1. The number of carbonyl (C=O) groups is 1. The molecular formula is C12H13NO4. The topological polar surface area (TPSA) is 71.5 Å². The number of methoxy groups -OCH3 is 2. The summed E-state index contributed by atoms with van der Waals surface area (Å²) in [6.07, 6.45) is 0.431. The molecular weight excluding hydrogens is 222 g/mol. The van der Waals surface area contributed by atoms with Gasteiger partial charge in [-0.25, -0.2) is 4.79 Å². The summed E-state index contributed by atoms with van der Waals surface area (Å²) < 4.78 is 9.66. The summed E-state index contributed by atoms with van der Waals surface area (Å²) in [5.74, 6) is -0.260. The summed E-state index contributed by atoms with van der Waals surface area (Å²) in [5.41, 5.74) is 1.21. The van der Waals surface area contributed by atoms with Crippen LogP contribution in [0.25, 0.3) is 10.9 Å². The number of hydrogen-bond donors (Lipinski definition) is 2. The highest BCUT2D eigenvalue weighted by molar-refractivity contribution is 5.85. The molecule has 5 heteroatoms. The molecule has 0 aliphatic heterocycles. The molecule has 0 spiro atoms. The van der Waals surface area contributed by atoms with Gasteiger partial charge in [-0.15, -0.1) is 0 Å². The van der Waals surface area contributed by atoms with Crippen LogP contribution in [-0.2, 0) is 9.53 Å². The molecule has 0 fully saturated rings. The van der Waals surface area contributed by atoms with Crippen LogP contribution in [0.2, 0.25) is 0 Å². The molecule has 1 unspecified atom stereocenters. The molecule has 2 aromatic rings. The highest BCUT2D eigenvalue weighted by Gasteiger charge is 2.22. The van der Waals surface area contributed by atoms with E-state index in [0.29, 0.717) is 11.3 Å². The van der Waals surface area contributed by atoms with Crippen molar-refractivity contribution in [2.24, 2.45) is 0 Å². The summed E-state index contributed by atoms with van der Waals surface area (Å²) in [6, 6.07) is 5.31. The van der Waals surface area contributed by atoms with Crippen molar-refractivity contribution in [2.75, 3.05) is 14.2 Å². The highest BCUT2D eigenvalue weighted by Crippen LogP contribution is 2.30. The monoisotopic (exact) mass is 235 g/mol. The normalized spacial score (nSPS) is 12.4. The molecule has 90 valence electrons. The van der Waals surface area contributed by atoms with Gasteiger partial charge in [0.1, 0.15) is 5.75 Å². The lowest BCUT2D eigenvalue weighted by Crippen LogP contribution is -2.14. The Morgan fingerprint density at radius 2 is 2.18 bits per heavy atom. The van der Waals surface area contributed by atoms with E-state index in [1.165, 1.54) is 14.2 Å². The van der Waals surface area contributed by atoms with E-state index in [9.17, 15) is 9.90 Å². The predicted molar refractivity (Wildman–Crippen MR) is 61.8 cm³/mol. The standard InChI is InChI=1S/C12H13NO4/c1-16-10-5-7-3-4-13-9(7)6-8(10)11(14)12(15)17-2/h3-6,11,13-14H,1-2H3. The first-order chi connectivity index (χ1) is 8.17. The molecule has 1 heterocycles. The molecule has 5 nitrogen and oxygen atoms in total. The van der Waals surface area contributed by atoms with Crippen LogP contribution in [0.3, 0.4) is 0 Å². The van der Waals surface area contributed by atoms with E-state index in [1.807, 2.05) is 6.07 Å². The van der Waals surface area contributed by atoms with Gasteiger partial charge in [-0.1, -0.05) is 0 Å². The van der Waals surface area contributed by atoms with Gasteiger partial charge in [0.2, 0.25) is 0 Å². The van der Waals surface area contributed by atoms with E-state index in [2.05, 4.69) is 9.72 Å². The first-order valence-corrected chi connectivity index (χ1v) is 5.08. The summed E-state index contributed by atoms with van der Waals surface area (Å²) in [5, 5.41) is 10.8. The SMILES string of the molecule is COC(=O)C(O)c1cc2[nH]ccc2cc1OC. The second-order valence-corrected chi connectivity index (χ2v) is 3.58. The van der Waals surface area contributed by atoms with Crippen LogP contribution >= 0.6 is 0 Å². The third kappa shape index (κ3) is 1.97. The van der Waals surface area contributed by atoms with E-state index < -0.39 is 12.1 Å². The van der Waals surface area contributed by atoms with Crippen molar-refractivity contribution in [3.63, 3.8) is 0 Å². The molecule has 0 amide bonds. The van der Waals surface area contributed by atoms with E-state index in [-0.39, 0.29) is 0 Å². The zero-order chi connectivity index (χ0) is 12.4. The molecule has 2 N–H and O–H groups in total. The van der Waals surface area contributed by atoms with Gasteiger partial charge in [-0.2, -0.15) is 0 Å². The second-order valence-electron chi connectivity index (χ2n) is 3.58. The minimum absolute atomic E-state index is 0.384. The summed E-state index contributed by atoms with van der Waals surface area (Å²) in [6.45, 7) is 0. The quantitative estimate of drug-likeness (QED) is 0.788. The lowest BCUT2D eigenvalue weighted by atomic mass is 10.1. The van der Waals surface area contributed by atoms with E-state index in [1.54, 1.807) is 18.3 Å². The van der Waals surface area contributed by atoms with Gasteiger partial charge in [0.05, 0.1) is 14.2 Å². The number of carbonyl (C=O) groups excluding carboxylic acids is 1. The van der Waals surface area contributed by atoms with Crippen LogP contribution < -0.4 is 4.74 Å². The van der Waals surface area contributed by atoms with Crippen LogP contribution in [0, 0.1) is 0 Å². The third-order valence-corrected chi connectivity index (χ3v) is 2.62. The summed E-state index contributed by atoms with van der Waals surface area (Å²) in [7, 11) is 2.71. The molecule has 0 bridgehead atoms. The second kappa shape index (κ2) is 4.47. The smallest absolute Gasteiger partial charge is 0.339 e. The van der Waals surface area contributed by atoms with Gasteiger partial charge in [0.25, 0.3) is 0 Å². The van der Waals surface area contributed by atoms with E-state index in [0.717, 1.165) is 10.9 Å². The maximum Gasteiger partial charge on any atom is 0.339 e. The van der Waals surface area contributed by atoms with Crippen molar-refractivity contribution in [3.8, 4) is 5.75 Å². The number of esters is 1. The molecule has 1 atom stereocenters. The van der Waals surface area contributed by atoms with Crippen LogP contribution in [0.5, 0.6) is 5.75 Å². The number of aliphatic hydroxyl groups excluding tert-OH is 1. The number of ether oxygens (including phenoxy) is 2. The largest absolute Gasteiger partial charge is 0.496 e. The number of aromatic amines is 1. The van der Waals surface area contributed by atoms with Gasteiger partial charge in [-0.3, -0.25) is 0 Å². The minimum atomic E-state index is -1.34. The maximum atomic E-state index is 11.3. The summed E-state index contributed by atoms with van der Waals surface area (Å²) in [4.78, 5) is 14.3. The highest BCUT2D eigenvalue weighted by atomic mass is 16.5. The van der Waals surface area contributed by atoms with Crippen LogP contribution in [0.1, 0.15) is 11.7 Å². The van der Waals surface area contributed by atoms with Crippen molar-refractivity contribution in [2.45, 2.75) is 6.10 Å². The van der Waals surface area contributed by atoms with Gasteiger partial charge >= 0.3 is 5.97 Å². The molecule has 0 aliphatic carbocycles. The number of nitrogens with one attached hydrogen (secondary N) is 1. The van der Waals surface area contributed by atoms with E-state index in [4.69, 9.17) is 4.74 Å². The number of H-pyrrole nitrogens is 1. The Kier molecular flexibility index (Phi) is 3.01. The Hall–Kier alpha value is -2.01. The van der Waals surface area contributed by atoms with Crippen LogP contribution in [-0.4, -0.2) is 30.3 Å². The Balaban J connectivity index is 2.53. The number of aromatic nitrogens is 1. The van der Waals surface area contributed by atoms with Crippen molar-refractivity contribution in [1.29, 1.82) is 0 Å².